The predicted octanol–water partition coefficient (Wildman–Crippen LogP) is 2.10. The molecular weight excluding hydrogens is 304 g/mol. The molecule has 1 heterocycles. The van der Waals surface area contributed by atoms with Gasteiger partial charge in [0.1, 0.15) is 0 Å². The molecule has 1 amide bonds. The second-order valence-electron chi connectivity index (χ2n) is 6.49. The van der Waals surface area contributed by atoms with E-state index in [1.54, 1.807) is 0 Å². The number of rotatable bonds is 6. The first-order chi connectivity index (χ1) is 11.6. The third-order valence-electron chi connectivity index (χ3n) is 4.77. The first-order valence-electron chi connectivity index (χ1n) is 8.52. The number of nitrogens with two attached hydrogens (primary N) is 1. The summed E-state index contributed by atoms with van der Waals surface area (Å²) < 4.78 is 5.32. The smallest absolute Gasteiger partial charge is 0.240 e. The van der Waals surface area contributed by atoms with Crippen LogP contribution >= 0.6 is 0 Å². The van der Waals surface area contributed by atoms with Crippen molar-refractivity contribution < 1.29 is 9.32 Å². The molecule has 0 unspecified atom stereocenters. The number of carbonyl (C=O) groups is 1. The van der Waals surface area contributed by atoms with Gasteiger partial charge in [-0.05, 0) is 30.9 Å². The molecule has 0 radical (unpaired) electrons. The average molecular weight is 328 g/mol. The average Bonchev–Trinajstić information content (AvgIpc) is 3.03. The molecule has 128 valence electrons. The third kappa shape index (κ3) is 4.00. The molecule has 1 saturated carbocycles. The number of primary amides is 1. The number of nitrogens with one attached hydrogen (secondary N) is 1. The highest BCUT2D eigenvalue weighted by Crippen LogP contribution is 2.24. The molecule has 24 heavy (non-hydrogen) atoms. The summed E-state index contributed by atoms with van der Waals surface area (Å²) in [5.74, 6) is 0.898. The van der Waals surface area contributed by atoms with Crippen molar-refractivity contribution in [1.82, 2.24) is 15.5 Å². The fraction of sp³-hybridized carbons (Fsp3) is 0.500. The maximum absolute atomic E-state index is 11.5. The molecule has 3 N–H and O–H groups in total. The van der Waals surface area contributed by atoms with Crippen molar-refractivity contribution in [1.29, 1.82) is 0 Å². The maximum Gasteiger partial charge on any atom is 0.240 e. The van der Waals surface area contributed by atoms with Crippen molar-refractivity contribution in [3.8, 4) is 0 Å². The quantitative estimate of drug-likeness (QED) is 0.847. The number of benzene rings is 1. The molecule has 2 atom stereocenters. The topological polar surface area (TPSA) is 94.0 Å². The van der Waals surface area contributed by atoms with Gasteiger partial charge >= 0.3 is 0 Å². The van der Waals surface area contributed by atoms with Crippen LogP contribution in [0.1, 0.15) is 48.5 Å². The SMILES string of the molecule is Cc1ccccc1Cc1noc(CN[C@H]2CCCC[C@H]2C(N)=O)n1. The van der Waals surface area contributed by atoms with E-state index in [1.807, 2.05) is 12.1 Å². The minimum atomic E-state index is -0.224. The van der Waals surface area contributed by atoms with Gasteiger partial charge in [-0.3, -0.25) is 4.79 Å². The van der Waals surface area contributed by atoms with E-state index in [0.717, 1.165) is 25.7 Å². The van der Waals surface area contributed by atoms with Crippen molar-refractivity contribution in [3.63, 3.8) is 0 Å². The van der Waals surface area contributed by atoms with Crippen LogP contribution in [0.15, 0.2) is 28.8 Å². The lowest BCUT2D eigenvalue weighted by Gasteiger charge is -2.29. The highest BCUT2D eigenvalue weighted by Gasteiger charge is 2.29. The van der Waals surface area contributed by atoms with Crippen molar-refractivity contribution in [3.05, 3.63) is 47.1 Å². The lowest BCUT2D eigenvalue weighted by Crippen LogP contribution is -2.44. The highest BCUT2D eigenvalue weighted by atomic mass is 16.5. The van der Waals surface area contributed by atoms with Gasteiger partial charge in [-0.1, -0.05) is 42.3 Å². The molecular formula is C18H24N4O2. The Kier molecular flexibility index (Phi) is 5.25. The molecule has 6 heteroatoms. The summed E-state index contributed by atoms with van der Waals surface area (Å²) in [6, 6.07) is 8.28. The van der Waals surface area contributed by atoms with Crippen LogP contribution in [0.25, 0.3) is 0 Å². The second kappa shape index (κ2) is 7.57. The molecule has 0 spiro atoms. The van der Waals surface area contributed by atoms with Gasteiger partial charge in [-0.25, -0.2) is 0 Å². The standard InChI is InChI=1S/C18H24N4O2/c1-12-6-2-3-7-13(12)10-16-21-17(24-22-16)11-20-15-9-5-4-8-14(15)18(19)23/h2-3,6-7,14-15,20H,4-5,8-11H2,1H3,(H2,19,23)/t14-,15+/m1/s1. The van der Waals surface area contributed by atoms with Crippen LogP contribution in [0.3, 0.4) is 0 Å². The minimum Gasteiger partial charge on any atom is -0.369 e. The van der Waals surface area contributed by atoms with E-state index in [-0.39, 0.29) is 17.9 Å². The van der Waals surface area contributed by atoms with Gasteiger partial charge in [-0.2, -0.15) is 4.98 Å². The maximum atomic E-state index is 11.5. The van der Waals surface area contributed by atoms with Crippen LogP contribution < -0.4 is 11.1 Å². The van der Waals surface area contributed by atoms with Crippen LogP contribution in [0.2, 0.25) is 0 Å². The molecule has 1 aromatic heterocycles. The van der Waals surface area contributed by atoms with E-state index < -0.39 is 0 Å². The molecule has 0 aliphatic heterocycles. The fourth-order valence-corrected chi connectivity index (χ4v) is 3.35. The summed E-state index contributed by atoms with van der Waals surface area (Å²) in [6.45, 7) is 2.54. The van der Waals surface area contributed by atoms with Crippen molar-refractivity contribution in [2.75, 3.05) is 0 Å². The number of aromatic nitrogens is 2. The second-order valence-corrected chi connectivity index (χ2v) is 6.49. The molecule has 1 aromatic carbocycles. The van der Waals surface area contributed by atoms with Crippen LogP contribution in [0.5, 0.6) is 0 Å². The molecule has 2 aromatic rings. The molecule has 6 nitrogen and oxygen atoms in total. The Balaban J connectivity index is 1.58. The molecule has 0 saturated heterocycles. The fourth-order valence-electron chi connectivity index (χ4n) is 3.35. The zero-order chi connectivity index (χ0) is 16.9. The van der Waals surface area contributed by atoms with Crippen molar-refractivity contribution in [2.45, 2.75) is 51.6 Å². The third-order valence-corrected chi connectivity index (χ3v) is 4.77. The zero-order valence-corrected chi connectivity index (χ0v) is 14.0. The molecule has 1 aliphatic rings. The minimum absolute atomic E-state index is 0.1000. The number of hydrogen-bond donors (Lipinski definition) is 2. The van der Waals surface area contributed by atoms with E-state index in [2.05, 4.69) is 34.5 Å². The van der Waals surface area contributed by atoms with E-state index in [0.29, 0.717) is 24.7 Å². The molecule has 0 bridgehead atoms. The van der Waals surface area contributed by atoms with Gasteiger partial charge in [-0.15, -0.1) is 0 Å². The predicted molar refractivity (Wildman–Crippen MR) is 90.1 cm³/mol. The monoisotopic (exact) mass is 328 g/mol. The summed E-state index contributed by atoms with van der Waals surface area (Å²) in [4.78, 5) is 16.0. The normalized spacial score (nSPS) is 20.9. The number of nitrogens with zero attached hydrogens (tertiary/aromatic N) is 2. The molecule has 3 rings (SSSR count). The van der Waals surface area contributed by atoms with E-state index in [1.165, 1.54) is 11.1 Å². The first kappa shape index (κ1) is 16.6. The Labute approximate surface area is 141 Å². The number of hydrogen-bond acceptors (Lipinski definition) is 5. The Morgan fingerprint density at radius 3 is 2.92 bits per heavy atom. The lowest BCUT2D eigenvalue weighted by atomic mass is 9.84. The number of carbonyl (C=O) groups excluding carboxylic acids is 1. The summed E-state index contributed by atoms with van der Waals surface area (Å²) in [5.41, 5.74) is 7.91. The first-order valence-corrected chi connectivity index (χ1v) is 8.52. The van der Waals surface area contributed by atoms with Gasteiger partial charge in [0, 0.05) is 12.5 Å². The molecule has 1 aliphatic carbocycles. The van der Waals surface area contributed by atoms with Crippen LogP contribution in [-0.2, 0) is 17.8 Å². The van der Waals surface area contributed by atoms with Gasteiger partial charge in [0.25, 0.3) is 0 Å². The van der Waals surface area contributed by atoms with Crippen LogP contribution in [-0.4, -0.2) is 22.1 Å². The Bertz CT molecular complexity index is 698. The van der Waals surface area contributed by atoms with Crippen molar-refractivity contribution in [2.24, 2.45) is 11.7 Å². The Hall–Kier alpha value is -2.21. The van der Waals surface area contributed by atoms with E-state index in [9.17, 15) is 4.79 Å². The van der Waals surface area contributed by atoms with Gasteiger partial charge in [0.2, 0.25) is 11.8 Å². The summed E-state index contributed by atoms with van der Waals surface area (Å²) in [5, 5.41) is 7.41. The van der Waals surface area contributed by atoms with E-state index in [4.69, 9.17) is 10.3 Å². The largest absolute Gasteiger partial charge is 0.369 e. The van der Waals surface area contributed by atoms with Gasteiger partial charge in [0.05, 0.1) is 12.5 Å². The zero-order valence-electron chi connectivity index (χ0n) is 14.0. The van der Waals surface area contributed by atoms with Gasteiger partial charge < -0.3 is 15.6 Å². The summed E-state index contributed by atoms with van der Waals surface area (Å²) in [7, 11) is 0. The van der Waals surface area contributed by atoms with Crippen molar-refractivity contribution >= 4 is 5.91 Å². The number of amides is 1. The number of aryl methyl sites for hydroxylation is 1. The lowest BCUT2D eigenvalue weighted by molar-refractivity contribution is -0.123. The Morgan fingerprint density at radius 2 is 2.12 bits per heavy atom. The molecule has 1 fully saturated rings. The van der Waals surface area contributed by atoms with Crippen LogP contribution in [0.4, 0.5) is 0 Å². The summed E-state index contributed by atoms with van der Waals surface area (Å²) >= 11 is 0. The van der Waals surface area contributed by atoms with Gasteiger partial charge in [0.15, 0.2) is 5.82 Å². The van der Waals surface area contributed by atoms with E-state index >= 15 is 0 Å². The Morgan fingerprint density at radius 1 is 1.33 bits per heavy atom. The summed E-state index contributed by atoms with van der Waals surface area (Å²) in [6.07, 6.45) is 4.65. The highest BCUT2D eigenvalue weighted by molar-refractivity contribution is 5.77. The van der Waals surface area contributed by atoms with Crippen LogP contribution in [0, 0.1) is 12.8 Å².